The van der Waals surface area contributed by atoms with Crippen LogP contribution in [0.3, 0.4) is 0 Å². The lowest BCUT2D eigenvalue weighted by molar-refractivity contribution is -0.114. The Labute approximate surface area is 126 Å². The maximum absolute atomic E-state index is 11.8. The van der Waals surface area contributed by atoms with Crippen LogP contribution in [0.5, 0.6) is 0 Å². The molecule has 0 unspecified atom stereocenters. The smallest absolute Gasteiger partial charge is 0.243 e. The van der Waals surface area contributed by atoms with Crippen molar-refractivity contribution in [2.45, 2.75) is 6.92 Å². The number of hydrogen-bond donors (Lipinski definition) is 2. The first-order valence-electron chi connectivity index (χ1n) is 5.82. The second kappa shape index (κ2) is 6.54. The molecule has 0 bridgehead atoms. The minimum Gasteiger partial charge on any atom is -0.345 e. The molecule has 0 aliphatic carbocycles. The summed E-state index contributed by atoms with van der Waals surface area (Å²) in [6.07, 6.45) is 2.90. The van der Waals surface area contributed by atoms with Gasteiger partial charge in [-0.1, -0.05) is 29.3 Å². The number of aryl methyl sites for hydroxylation is 1. The van der Waals surface area contributed by atoms with E-state index in [2.05, 4.69) is 20.6 Å². The van der Waals surface area contributed by atoms with Crippen LogP contribution in [0.2, 0.25) is 10.0 Å². The zero-order chi connectivity index (χ0) is 14.5. The largest absolute Gasteiger partial charge is 0.345 e. The summed E-state index contributed by atoms with van der Waals surface area (Å²) in [5, 5.41) is 6.43. The molecule has 1 aromatic heterocycles. The normalized spacial score (nSPS) is 10.2. The van der Waals surface area contributed by atoms with Crippen LogP contribution in [-0.2, 0) is 4.79 Å². The van der Waals surface area contributed by atoms with Crippen molar-refractivity contribution in [3.63, 3.8) is 0 Å². The Morgan fingerprint density at radius 3 is 2.60 bits per heavy atom. The van der Waals surface area contributed by atoms with E-state index in [9.17, 15) is 4.79 Å². The Hall–Kier alpha value is -1.85. The third-order valence-electron chi connectivity index (χ3n) is 2.43. The molecule has 7 heteroatoms. The number of nitrogens with zero attached hydrogens (tertiary/aromatic N) is 2. The van der Waals surface area contributed by atoms with Crippen LogP contribution in [0.4, 0.5) is 11.6 Å². The van der Waals surface area contributed by atoms with Gasteiger partial charge in [-0.3, -0.25) is 4.79 Å². The highest BCUT2D eigenvalue weighted by molar-refractivity contribution is 6.33. The first kappa shape index (κ1) is 14.6. The van der Waals surface area contributed by atoms with Crippen LogP contribution in [0, 0.1) is 6.92 Å². The molecule has 0 aliphatic heterocycles. The lowest BCUT2D eigenvalue weighted by Gasteiger charge is -2.08. The molecular weight excluding hydrogens is 299 g/mol. The van der Waals surface area contributed by atoms with Crippen molar-refractivity contribution in [1.29, 1.82) is 0 Å². The number of aromatic nitrogens is 2. The van der Waals surface area contributed by atoms with Gasteiger partial charge in [-0.2, -0.15) is 0 Å². The second-order valence-electron chi connectivity index (χ2n) is 4.11. The maximum Gasteiger partial charge on any atom is 0.243 e. The topological polar surface area (TPSA) is 66.9 Å². The van der Waals surface area contributed by atoms with Crippen molar-refractivity contribution in [3.05, 3.63) is 46.2 Å². The molecule has 0 aliphatic rings. The summed E-state index contributed by atoms with van der Waals surface area (Å²) >= 11 is 11.7. The molecule has 1 heterocycles. The van der Waals surface area contributed by atoms with Gasteiger partial charge in [-0.05, 0) is 24.6 Å². The average molecular weight is 311 g/mol. The number of carbonyl (C=O) groups is 1. The van der Waals surface area contributed by atoms with Crippen molar-refractivity contribution in [2.24, 2.45) is 0 Å². The average Bonchev–Trinajstić information content (AvgIpc) is 2.41. The number of benzene rings is 1. The van der Waals surface area contributed by atoms with Gasteiger partial charge in [-0.25, -0.2) is 9.97 Å². The van der Waals surface area contributed by atoms with Crippen LogP contribution in [0.25, 0.3) is 0 Å². The van der Waals surface area contributed by atoms with Crippen molar-refractivity contribution < 1.29 is 4.79 Å². The zero-order valence-electron chi connectivity index (χ0n) is 10.7. The highest BCUT2D eigenvalue weighted by atomic mass is 35.5. The summed E-state index contributed by atoms with van der Waals surface area (Å²) in [5.74, 6) is 0.0915. The monoisotopic (exact) mass is 310 g/mol. The third kappa shape index (κ3) is 4.08. The second-order valence-corrected chi connectivity index (χ2v) is 4.95. The number of carbonyl (C=O) groups excluding carboxylic acids is 1. The summed E-state index contributed by atoms with van der Waals surface area (Å²) in [6, 6.07) is 5.42. The fourth-order valence-corrected chi connectivity index (χ4v) is 1.86. The first-order chi connectivity index (χ1) is 9.54. The zero-order valence-corrected chi connectivity index (χ0v) is 12.2. The van der Waals surface area contributed by atoms with E-state index in [1.165, 1.54) is 12.4 Å². The fourth-order valence-electron chi connectivity index (χ4n) is 1.48. The standard InChI is InChI=1S/C13H12Cl2N4O/c1-8-2-3-11(10(15)4-8)19-12(20)7-18-13-16-5-9(14)6-17-13/h2-6H,7H2,1H3,(H,19,20)(H,16,17,18). The lowest BCUT2D eigenvalue weighted by Crippen LogP contribution is -2.22. The molecule has 1 aromatic carbocycles. The Balaban J connectivity index is 1.90. The van der Waals surface area contributed by atoms with Crippen LogP contribution >= 0.6 is 23.2 Å². The van der Waals surface area contributed by atoms with Crippen molar-refractivity contribution in [3.8, 4) is 0 Å². The molecule has 0 radical (unpaired) electrons. The quantitative estimate of drug-likeness (QED) is 0.910. The molecular formula is C13H12Cl2N4O. The van der Waals surface area contributed by atoms with E-state index in [1.54, 1.807) is 12.1 Å². The van der Waals surface area contributed by atoms with Crippen molar-refractivity contribution >= 4 is 40.7 Å². The molecule has 104 valence electrons. The van der Waals surface area contributed by atoms with Crippen LogP contribution in [0.15, 0.2) is 30.6 Å². The van der Waals surface area contributed by atoms with Gasteiger partial charge in [0.2, 0.25) is 11.9 Å². The van der Waals surface area contributed by atoms with Crippen molar-refractivity contribution in [2.75, 3.05) is 17.2 Å². The molecule has 0 atom stereocenters. The van der Waals surface area contributed by atoms with Gasteiger partial charge in [0, 0.05) is 0 Å². The van der Waals surface area contributed by atoms with Crippen LogP contribution in [0.1, 0.15) is 5.56 Å². The molecule has 0 saturated heterocycles. The Bertz CT molecular complexity index is 616. The molecule has 0 spiro atoms. The number of anilines is 2. The molecule has 2 rings (SSSR count). The number of amides is 1. The van der Waals surface area contributed by atoms with Gasteiger partial charge in [0.1, 0.15) is 0 Å². The number of halogens is 2. The SMILES string of the molecule is Cc1ccc(NC(=O)CNc2ncc(Cl)cn2)c(Cl)c1. The lowest BCUT2D eigenvalue weighted by atomic mass is 10.2. The molecule has 1 amide bonds. The summed E-state index contributed by atoms with van der Waals surface area (Å²) < 4.78 is 0. The van der Waals surface area contributed by atoms with E-state index in [0.29, 0.717) is 21.7 Å². The molecule has 2 N–H and O–H groups in total. The van der Waals surface area contributed by atoms with E-state index in [1.807, 2.05) is 13.0 Å². The highest BCUT2D eigenvalue weighted by Crippen LogP contribution is 2.22. The number of hydrogen-bond acceptors (Lipinski definition) is 4. The van der Waals surface area contributed by atoms with Crippen LogP contribution in [-0.4, -0.2) is 22.4 Å². The Morgan fingerprint density at radius 1 is 1.25 bits per heavy atom. The van der Waals surface area contributed by atoms with Gasteiger partial charge in [0.15, 0.2) is 0 Å². The number of nitrogens with one attached hydrogen (secondary N) is 2. The van der Waals surface area contributed by atoms with E-state index < -0.39 is 0 Å². The minimum atomic E-state index is -0.241. The van der Waals surface area contributed by atoms with Gasteiger partial charge in [0.25, 0.3) is 0 Å². The van der Waals surface area contributed by atoms with E-state index in [0.717, 1.165) is 5.56 Å². The van der Waals surface area contributed by atoms with Crippen molar-refractivity contribution in [1.82, 2.24) is 9.97 Å². The number of rotatable bonds is 4. The maximum atomic E-state index is 11.8. The van der Waals surface area contributed by atoms with E-state index in [-0.39, 0.29) is 12.5 Å². The van der Waals surface area contributed by atoms with Gasteiger partial charge >= 0.3 is 0 Å². The summed E-state index contributed by atoms with van der Waals surface area (Å²) in [5.41, 5.74) is 1.60. The Morgan fingerprint density at radius 2 is 1.95 bits per heavy atom. The molecule has 5 nitrogen and oxygen atoms in total. The predicted molar refractivity (Wildman–Crippen MR) is 80.4 cm³/mol. The summed E-state index contributed by atoms with van der Waals surface area (Å²) in [7, 11) is 0. The summed E-state index contributed by atoms with van der Waals surface area (Å²) in [4.78, 5) is 19.6. The molecule has 0 saturated carbocycles. The van der Waals surface area contributed by atoms with Gasteiger partial charge in [0.05, 0.1) is 34.7 Å². The summed E-state index contributed by atoms with van der Waals surface area (Å²) in [6.45, 7) is 1.96. The van der Waals surface area contributed by atoms with Gasteiger partial charge in [-0.15, -0.1) is 0 Å². The minimum absolute atomic E-state index is 0.0336. The molecule has 2 aromatic rings. The van der Waals surface area contributed by atoms with E-state index in [4.69, 9.17) is 23.2 Å². The highest BCUT2D eigenvalue weighted by Gasteiger charge is 2.06. The van der Waals surface area contributed by atoms with E-state index >= 15 is 0 Å². The fraction of sp³-hybridized carbons (Fsp3) is 0.154. The molecule has 20 heavy (non-hydrogen) atoms. The van der Waals surface area contributed by atoms with Crippen LogP contribution < -0.4 is 10.6 Å². The Kier molecular flexibility index (Phi) is 4.76. The first-order valence-corrected chi connectivity index (χ1v) is 6.57. The van der Waals surface area contributed by atoms with Gasteiger partial charge < -0.3 is 10.6 Å². The third-order valence-corrected chi connectivity index (χ3v) is 2.93. The predicted octanol–water partition coefficient (Wildman–Crippen LogP) is 3.14. The molecule has 0 fully saturated rings.